The normalized spacial score (nSPS) is 14.0. The van der Waals surface area contributed by atoms with Gasteiger partial charge in [-0.1, -0.05) is 31.2 Å². The third-order valence-corrected chi connectivity index (χ3v) is 8.94. The fraction of sp³-hybridized carbons (Fsp3) is 0.393. The number of ketones is 1. The maximum Gasteiger partial charge on any atom is 0.307 e. The number of aromatic nitrogens is 4. The van der Waals surface area contributed by atoms with Gasteiger partial charge in [0.25, 0.3) is 10.0 Å². The van der Waals surface area contributed by atoms with Crippen LogP contribution in [0.5, 0.6) is 11.5 Å². The monoisotopic (exact) mass is 648 g/mol. The molecule has 2 aromatic carbocycles. The Hall–Kier alpha value is -3.99. The van der Waals surface area contributed by atoms with Crippen LogP contribution in [0.15, 0.2) is 53.0 Å². The third-order valence-electron chi connectivity index (χ3n) is 6.60. The number of carboxylic acid groups (broad SMARTS) is 1. The summed E-state index contributed by atoms with van der Waals surface area (Å²) in [4.78, 5) is 29.5. The van der Waals surface area contributed by atoms with Crippen molar-refractivity contribution in [2.75, 3.05) is 13.3 Å². The zero-order chi connectivity index (χ0) is 32.0. The molecule has 2 heterocycles. The van der Waals surface area contributed by atoms with Crippen molar-refractivity contribution in [3.63, 3.8) is 0 Å². The number of fused-ring (bicyclic) bond motifs is 1. The highest BCUT2D eigenvalue weighted by molar-refractivity contribution is 7.91. The van der Waals surface area contributed by atoms with Gasteiger partial charge in [-0.25, -0.2) is 27.6 Å². The predicted molar refractivity (Wildman–Crippen MR) is 158 cm³/mol. The second-order valence-corrected chi connectivity index (χ2v) is 13.3. The molecular formula is C28H32FN5O8S2. The standard InChI is InChI=1S/C28H32FN5O8S2/c1-16(2)26(24(36)10-18(27(37)38)9-17-3-5-21(6-4-17)42-15-20(35)12-29)34-13-19(32-33-34)14-41-22-7-8-23-25(11-22)43-28(31-23)44(30,39)40/h3-8,11,13,16,18,20,26,35H,9-10,12,14-15H2,1-2H3,(H,37,38)(H2,30,39,40)/t18-,20?,26+/m1/s1/i29-1. The molecule has 0 aliphatic carbocycles. The summed E-state index contributed by atoms with van der Waals surface area (Å²) in [7, 11) is -3.92. The first-order valence-corrected chi connectivity index (χ1v) is 15.9. The summed E-state index contributed by atoms with van der Waals surface area (Å²) in [5, 5.41) is 32.5. The van der Waals surface area contributed by atoms with Crippen LogP contribution in [0.3, 0.4) is 0 Å². The number of nitrogens with zero attached hydrogens (tertiary/aromatic N) is 4. The number of nitrogens with two attached hydrogens (primary N) is 1. The summed E-state index contributed by atoms with van der Waals surface area (Å²) in [5.41, 5.74) is 1.56. The van der Waals surface area contributed by atoms with E-state index in [0.717, 1.165) is 11.3 Å². The second kappa shape index (κ2) is 14.2. The number of aliphatic hydroxyl groups excluding tert-OH is 1. The Bertz CT molecular complexity index is 1710. The first-order valence-electron chi connectivity index (χ1n) is 13.5. The molecule has 3 atom stereocenters. The molecule has 0 radical (unpaired) electrons. The van der Waals surface area contributed by atoms with E-state index in [0.29, 0.717) is 33.0 Å². The van der Waals surface area contributed by atoms with E-state index in [-0.39, 0.29) is 42.1 Å². The lowest BCUT2D eigenvalue weighted by molar-refractivity contribution is -0.144. The van der Waals surface area contributed by atoms with Crippen LogP contribution < -0.4 is 14.6 Å². The lowest BCUT2D eigenvalue weighted by Crippen LogP contribution is -2.29. The summed E-state index contributed by atoms with van der Waals surface area (Å²) >= 11 is 0.925. The van der Waals surface area contributed by atoms with Crippen molar-refractivity contribution in [3.05, 3.63) is 59.9 Å². The van der Waals surface area contributed by atoms with Crippen LogP contribution in [0.2, 0.25) is 0 Å². The Morgan fingerprint density at radius 2 is 1.82 bits per heavy atom. The number of Topliss-reactive ketones (excluding diaryl/α,β-unsaturated/α-hetero) is 1. The molecule has 44 heavy (non-hydrogen) atoms. The van der Waals surface area contributed by atoms with Crippen LogP contribution in [0.25, 0.3) is 10.2 Å². The van der Waals surface area contributed by atoms with Gasteiger partial charge in [0, 0.05) is 6.42 Å². The van der Waals surface area contributed by atoms with Gasteiger partial charge < -0.3 is 19.7 Å². The number of sulfonamides is 1. The van der Waals surface area contributed by atoms with Gasteiger partial charge in [-0.2, -0.15) is 0 Å². The van der Waals surface area contributed by atoms with Gasteiger partial charge in [-0.05, 0) is 48.2 Å². The number of ether oxygens (including phenoxy) is 2. The molecule has 4 aromatic rings. The Kier molecular flexibility index (Phi) is 10.6. The first-order chi connectivity index (χ1) is 20.8. The van der Waals surface area contributed by atoms with Crippen LogP contribution in [0, 0.1) is 11.8 Å². The Labute approximate surface area is 256 Å². The lowest BCUT2D eigenvalue weighted by atomic mass is 9.89. The van der Waals surface area contributed by atoms with Crippen molar-refractivity contribution in [3.8, 4) is 11.5 Å². The highest BCUT2D eigenvalue weighted by atomic mass is 32.2. The average molecular weight is 649 g/mol. The third kappa shape index (κ3) is 8.56. The van der Waals surface area contributed by atoms with E-state index < -0.39 is 40.7 Å². The topological polar surface area (TPSA) is 197 Å². The Balaban J connectivity index is 1.39. The Morgan fingerprint density at radius 1 is 1.11 bits per heavy atom. The van der Waals surface area contributed by atoms with E-state index in [9.17, 15) is 32.6 Å². The fourth-order valence-electron chi connectivity index (χ4n) is 4.45. The number of carboxylic acids is 1. The van der Waals surface area contributed by atoms with Crippen molar-refractivity contribution in [1.82, 2.24) is 20.0 Å². The van der Waals surface area contributed by atoms with Gasteiger partial charge >= 0.3 is 5.97 Å². The number of rotatable bonds is 16. The number of hydrogen-bond donors (Lipinski definition) is 3. The van der Waals surface area contributed by atoms with Crippen LogP contribution in [0.4, 0.5) is 4.39 Å². The Morgan fingerprint density at radius 3 is 2.45 bits per heavy atom. The predicted octanol–water partition coefficient (Wildman–Crippen LogP) is 2.92. The molecule has 0 bridgehead atoms. The molecule has 4 rings (SSSR count). The lowest BCUT2D eigenvalue weighted by Gasteiger charge is -2.21. The van der Waals surface area contributed by atoms with Gasteiger partial charge in [-0.15, -0.1) is 16.4 Å². The van der Waals surface area contributed by atoms with Crippen LogP contribution in [-0.4, -0.2) is 69.7 Å². The summed E-state index contributed by atoms with van der Waals surface area (Å²) in [6.45, 7) is 2.53. The van der Waals surface area contributed by atoms with Gasteiger partial charge in [0.2, 0.25) is 4.34 Å². The van der Waals surface area contributed by atoms with E-state index in [4.69, 9.17) is 14.6 Å². The van der Waals surface area contributed by atoms with Crippen molar-refractivity contribution >= 4 is 43.3 Å². The molecule has 2 aromatic heterocycles. The van der Waals surface area contributed by atoms with Gasteiger partial charge in [0.15, 0.2) is 5.78 Å². The fourth-order valence-corrected chi connectivity index (χ4v) is 6.13. The minimum absolute atomic E-state index is 0.00948. The molecule has 0 fully saturated rings. The first kappa shape index (κ1) is 32.9. The SMILES string of the molecule is CC(C)[C@@H](C(=O)C[C@@H](Cc1ccc(OCC(O)C[18F])cc1)C(=O)O)n1cc(COc2ccc3nc(S(N)(=O)=O)sc3c2)nn1. The molecule has 0 spiro atoms. The number of carbonyl (C=O) groups excluding carboxylic acids is 1. The van der Waals surface area contributed by atoms with Gasteiger partial charge in [-0.3, -0.25) is 9.59 Å². The molecule has 13 nitrogen and oxygen atoms in total. The summed E-state index contributed by atoms with van der Waals surface area (Å²) < 4.78 is 48.5. The van der Waals surface area contributed by atoms with Gasteiger partial charge in [0.1, 0.15) is 49.2 Å². The van der Waals surface area contributed by atoms with Gasteiger partial charge in [0.05, 0.1) is 22.3 Å². The number of aliphatic hydroxyl groups is 1. The van der Waals surface area contributed by atoms with Crippen molar-refractivity contribution in [2.45, 2.75) is 49.8 Å². The number of halogens is 1. The minimum atomic E-state index is -3.92. The summed E-state index contributed by atoms with van der Waals surface area (Å²) in [6.07, 6.45) is 0.203. The van der Waals surface area contributed by atoms with E-state index >= 15 is 0 Å². The molecule has 0 saturated heterocycles. The number of carbonyl (C=O) groups is 2. The molecule has 0 amide bonds. The smallest absolute Gasteiger partial charge is 0.307 e. The zero-order valence-electron chi connectivity index (χ0n) is 23.9. The number of thiazole rings is 1. The zero-order valence-corrected chi connectivity index (χ0v) is 25.5. The van der Waals surface area contributed by atoms with E-state index in [1.54, 1.807) is 48.7 Å². The maximum atomic E-state index is 13.4. The van der Waals surface area contributed by atoms with Crippen LogP contribution in [0.1, 0.15) is 37.6 Å². The molecule has 4 N–H and O–H groups in total. The summed E-state index contributed by atoms with van der Waals surface area (Å²) in [6, 6.07) is 10.6. The van der Waals surface area contributed by atoms with E-state index in [1.165, 1.54) is 4.68 Å². The van der Waals surface area contributed by atoms with E-state index in [2.05, 4.69) is 15.3 Å². The van der Waals surface area contributed by atoms with Crippen molar-refractivity contribution in [2.24, 2.45) is 17.0 Å². The largest absolute Gasteiger partial charge is 0.491 e. The number of alkyl halides is 1. The maximum absolute atomic E-state index is 13.4. The quantitative estimate of drug-likeness (QED) is 0.162. The number of aliphatic carboxylic acids is 1. The van der Waals surface area contributed by atoms with Crippen molar-refractivity contribution in [1.29, 1.82) is 0 Å². The number of primary sulfonamides is 1. The highest BCUT2D eigenvalue weighted by Crippen LogP contribution is 2.29. The highest BCUT2D eigenvalue weighted by Gasteiger charge is 2.30. The summed E-state index contributed by atoms with van der Waals surface area (Å²) in [5.74, 6) is -1.80. The second-order valence-electron chi connectivity index (χ2n) is 10.5. The number of benzene rings is 2. The van der Waals surface area contributed by atoms with E-state index in [1.807, 2.05) is 13.8 Å². The molecule has 0 aliphatic heterocycles. The van der Waals surface area contributed by atoms with Crippen LogP contribution >= 0.6 is 11.3 Å². The molecule has 0 saturated carbocycles. The average Bonchev–Trinajstić information content (AvgIpc) is 3.62. The molecule has 16 heteroatoms. The molecule has 0 aliphatic rings. The minimum Gasteiger partial charge on any atom is -0.491 e. The molecule has 1 unspecified atom stereocenters. The molecule has 236 valence electrons. The van der Waals surface area contributed by atoms with Crippen molar-refractivity contribution < 1.29 is 42.1 Å². The van der Waals surface area contributed by atoms with Crippen LogP contribution in [-0.2, 0) is 32.6 Å². The number of hydrogen-bond acceptors (Lipinski definition) is 11. The molecular weight excluding hydrogens is 616 g/mol.